The fraction of sp³-hybridized carbons (Fsp3) is 0.167. The maximum atomic E-state index is 11.3. The molecule has 0 aliphatic carbocycles. The second-order valence-corrected chi connectivity index (χ2v) is 5.23. The van der Waals surface area contributed by atoms with E-state index in [4.69, 9.17) is 11.1 Å². The number of nitrogens with zero attached hydrogens (tertiary/aromatic N) is 2. The van der Waals surface area contributed by atoms with Crippen molar-refractivity contribution in [1.29, 1.82) is 5.41 Å². The predicted octanol–water partition coefficient (Wildman–Crippen LogP) is 0.212. The van der Waals surface area contributed by atoms with Gasteiger partial charge in [0.05, 0.1) is 0 Å². The standard InChI is InChI=1S/C12H13N5O2S/c1-6-5-7(3-4-8(6)9(13)14)20-12-15-10(18)11(19)16-17(12)2/h3-5H,1-2H3,(H3,13,14)(H,16,19). The summed E-state index contributed by atoms with van der Waals surface area (Å²) in [4.78, 5) is 26.9. The lowest BCUT2D eigenvalue weighted by molar-refractivity contribution is 0.596. The van der Waals surface area contributed by atoms with Crippen LogP contribution in [0, 0.1) is 12.3 Å². The summed E-state index contributed by atoms with van der Waals surface area (Å²) in [5.41, 5.74) is 5.41. The number of aryl methyl sites for hydroxylation is 2. The molecule has 0 unspecified atom stereocenters. The van der Waals surface area contributed by atoms with Crippen LogP contribution in [0.3, 0.4) is 0 Å². The zero-order valence-corrected chi connectivity index (χ0v) is 11.7. The van der Waals surface area contributed by atoms with Crippen molar-refractivity contribution >= 4 is 17.6 Å². The van der Waals surface area contributed by atoms with E-state index in [1.54, 1.807) is 19.2 Å². The molecule has 0 fully saturated rings. The lowest BCUT2D eigenvalue weighted by atomic mass is 10.1. The van der Waals surface area contributed by atoms with Crippen LogP contribution in [0.5, 0.6) is 0 Å². The van der Waals surface area contributed by atoms with Crippen LogP contribution in [0.1, 0.15) is 11.1 Å². The molecule has 4 N–H and O–H groups in total. The minimum Gasteiger partial charge on any atom is -0.384 e. The van der Waals surface area contributed by atoms with Crippen LogP contribution in [-0.2, 0) is 7.05 Å². The third kappa shape index (κ3) is 2.80. The van der Waals surface area contributed by atoms with Gasteiger partial charge < -0.3 is 5.73 Å². The van der Waals surface area contributed by atoms with E-state index in [-0.39, 0.29) is 5.84 Å². The lowest BCUT2D eigenvalue weighted by Crippen LogP contribution is -2.33. The Kier molecular flexibility index (Phi) is 3.75. The molecule has 0 saturated carbocycles. The molecule has 8 heteroatoms. The Morgan fingerprint density at radius 1 is 1.45 bits per heavy atom. The van der Waals surface area contributed by atoms with E-state index in [0.717, 1.165) is 10.5 Å². The minimum absolute atomic E-state index is 0.00798. The van der Waals surface area contributed by atoms with E-state index in [2.05, 4.69) is 10.1 Å². The smallest absolute Gasteiger partial charge is 0.339 e. The van der Waals surface area contributed by atoms with Crippen molar-refractivity contribution in [2.45, 2.75) is 17.0 Å². The van der Waals surface area contributed by atoms with Crippen molar-refractivity contribution in [3.63, 3.8) is 0 Å². The monoisotopic (exact) mass is 291 g/mol. The Balaban J connectivity index is 2.38. The number of amidine groups is 1. The highest BCUT2D eigenvalue weighted by molar-refractivity contribution is 7.99. The van der Waals surface area contributed by atoms with E-state index < -0.39 is 11.1 Å². The van der Waals surface area contributed by atoms with Gasteiger partial charge in [0.1, 0.15) is 5.84 Å². The largest absolute Gasteiger partial charge is 0.384 e. The van der Waals surface area contributed by atoms with Crippen molar-refractivity contribution in [3.05, 3.63) is 50.0 Å². The molecule has 0 saturated heterocycles. The van der Waals surface area contributed by atoms with Gasteiger partial charge in [-0.15, -0.1) is 0 Å². The van der Waals surface area contributed by atoms with Crippen LogP contribution in [-0.4, -0.2) is 20.6 Å². The summed E-state index contributed by atoms with van der Waals surface area (Å²) in [6.07, 6.45) is 0. The van der Waals surface area contributed by atoms with Gasteiger partial charge in [0.15, 0.2) is 5.16 Å². The molecule has 104 valence electrons. The van der Waals surface area contributed by atoms with Crippen molar-refractivity contribution in [1.82, 2.24) is 14.8 Å². The SMILES string of the molecule is Cc1cc(Sc2nc(=O)c(=O)[nH]n2C)ccc1C(=N)N. The highest BCUT2D eigenvalue weighted by atomic mass is 32.2. The first-order valence-corrected chi connectivity index (χ1v) is 6.50. The number of aromatic amines is 1. The second kappa shape index (κ2) is 5.33. The Labute approximate surface area is 118 Å². The maximum absolute atomic E-state index is 11.3. The van der Waals surface area contributed by atoms with Crippen molar-refractivity contribution < 1.29 is 0 Å². The van der Waals surface area contributed by atoms with Crippen molar-refractivity contribution in [3.8, 4) is 0 Å². The Bertz CT molecular complexity index is 793. The molecule has 0 spiro atoms. The van der Waals surface area contributed by atoms with Gasteiger partial charge in [0.2, 0.25) is 0 Å². The summed E-state index contributed by atoms with van der Waals surface area (Å²) in [5, 5.41) is 10.2. The van der Waals surface area contributed by atoms with E-state index in [1.807, 2.05) is 13.0 Å². The summed E-state index contributed by atoms with van der Waals surface area (Å²) in [7, 11) is 1.60. The lowest BCUT2D eigenvalue weighted by Gasteiger charge is -2.08. The topological polar surface area (TPSA) is 118 Å². The van der Waals surface area contributed by atoms with Gasteiger partial charge >= 0.3 is 11.1 Å². The molecule has 0 aliphatic rings. The molecule has 7 nitrogen and oxygen atoms in total. The van der Waals surface area contributed by atoms with Crippen molar-refractivity contribution in [2.24, 2.45) is 12.8 Å². The molecule has 0 atom stereocenters. The van der Waals surface area contributed by atoms with Crippen LogP contribution in [0.2, 0.25) is 0 Å². The summed E-state index contributed by atoms with van der Waals surface area (Å²) in [5.74, 6) is 0.00798. The first-order valence-electron chi connectivity index (χ1n) is 5.68. The van der Waals surface area contributed by atoms with Gasteiger partial charge in [-0.3, -0.25) is 24.8 Å². The third-order valence-electron chi connectivity index (χ3n) is 2.64. The molecule has 20 heavy (non-hydrogen) atoms. The Hall–Kier alpha value is -2.35. The number of benzene rings is 1. The van der Waals surface area contributed by atoms with Crippen molar-refractivity contribution in [2.75, 3.05) is 0 Å². The third-order valence-corrected chi connectivity index (χ3v) is 3.68. The summed E-state index contributed by atoms with van der Waals surface area (Å²) >= 11 is 1.24. The zero-order chi connectivity index (χ0) is 14.9. The Morgan fingerprint density at radius 2 is 2.15 bits per heavy atom. The van der Waals surface area contributed by atoms with E-state index in [1.165, 1.54) is 16.4 Å². The summed E-state index contributed by atoms with van der Waals surface area (Å²) in [6, 6.07) is 5.37. The average Bonchev–Trinajstić information content (AvgIpc) is 2.35. The molecule has 1 aromatic heterocycles. The number of hydrogen-bond donors (Lipinski definition) is 3. The molecule has 1 heterocycles. The summed E-state index contributed by atoms with van der Waals surface area (Å²) in [6.45, 7) is 1.85. The molecule has 2 aromatic rings. The fourth-order valence-corrected chi connectivity index (χ4v) is 2.55. The number of H-pyrrole nitrogens is 1. The first-order chi connectivity index (χ1) is 9.38. The van der Waals surface area contributed by atoms with Crippen LogP contribution < -0.4 is 16.9 Å². The number of aromatic nitrogens is 3. The highest BCUT2D eigenvalue weighted by Gasteiger charge is 2.08. The molecule has 0 amide bonds. The average molecular weight is 291 g/mol. The van der Waals surface area contributed by atoms with Gasteiger partial charge in [0.25, 0.3) is 0 Å². The quantitative estimate of drug-likeness (QED) is 0.424. The summed E-state index contributed by atoms with van der Waals surface area (Å²) < 4.78 is 1.39. The van der Waals surface area contributed by atoms with Gasteiger partial charge in [-0.2, -0.15) is 4.98 Å². The molecule has 2 rings (SSSR count). The molecule has 0 bridgehead atoms. The number of hydrogen-bond acceptors (Lipinski definition) is 5. The first kappa shape index (κ1) is 14.1. The van der Waals surface area contributed by atoms with Gasteiger partial charge in [-0.05, 0) is 30.7 Å². The van der Waals surface area contributed by atoms with E-state index >= 15 is 0 Å². The fourth-order valence-electron chi connectivity index (χ4n) is 1.66. The van der Waals surface area contributed by atoms with E-state index in [0.29, 0.717) is 10.7 Å². The van der Waals surface area contributed by atoms with Crippen LogP contribution in [0.4, 0.5) is 0 Å². The Morgan fingerprint density at radius 3 is 2.75 bits per heavy atom. The number of nitrogen functional groups attached to an aromatic ring is 1. The number of nitrogens with one attached hydrogen (secondary N) is 2. The molecule has 0 radical (unpaired) electrons. The molecule has 0 aliphatic heterocycles. The van der Waals surface area contributed by atoms with Crippen LogP contribution >= 0.6 is 11.8 Å². The highest BCUT2D eigenvalue weighted by Crippen LogP contribution is 2.26. The van der Waals surface area contributed by atoms with E-state index in [9.17, 15) is 9.59 Å². The van der Waals surface area contributed by atoms with Gasteiger partial charge in [0, 0.05) is 17.5 Å². The normalized spacial score (nSPS) is 10.5. The predicted molar refractivity (Wildman–Crippen MR) is 76.4 cm³/mol. The molecule has 1 aromatic carbocycles. The molecular weight excluding hydrogens is 278 g/mol. The van der Waals surface area contributed by atoms with Crippen LogP contribution in [0.15, 0.2) is 37.8 Å². The van der Waals surface area contributed by atoms with Gasteiger partial charge in [-0.1, -0.05) is 11.8 Å². The van der Waals surface area contributed by atoms with Gasteiger partial charge in [-0.25, -0.2) is 0 Å². The minimum atomic E-state index is -0.817. The van der Waals surface area contributed by atoms with Crippen LogP contribution in [0.25, 0.3) is 0 Å². The number of rotatable bonds is 3. The maximum Gasteiger partial charge on any atom is 0.339 e. The molecular formula is C12H13N5O2S. The zero-order valence-electron chi connectivity index (χ0n) is 10.9. The number of nitrogens with two attached hydrogens (primary N) is 1. The second-order valence-electron chi connectivity index (χ2n) is 4.19.